The van der Waals surface area contributed by atoms with Gasteiger partial charge in [0.05, 0.1) is 6.54 Å². The van der Waals surface area contributed by atoms with Crippen molar-refractivity contribution in [3.8, 4) is 0 Å². The summed E-state index contributed by atoms with van der Waals surface area (Å²) in [6.45, 7) is 9.73. The Kier molecular flexibility index (Phi) is 13.7. The summed E-state index contributed by atoms with van der Waals surface area (Å²) >= 11 is 0. The minimum Gasteiger partial charge on any atom is -0.382 e. The lowest BCUT2D eigenvalue weighted by Crippen LogP contribution is -2.37. The van der Waals surface area contributed by atoms with Crippen molar-refractivity contribution in [3.05, 3.63) is 35.4 Å². The van der Waals surface area contributed by atoms with Gasteiger partial charge in [0.2, 0.25) is 0 Å². The second-order valence-corrected chi connectivity index (χ2v) is 7.08. The second-order valence-electron chi connectivity index (χ2n) is 7.08. The summed E-state index contributed by atoms with van der Waals surface area (Å²) in [5.74, 6) is 0.976. The average molecular weight is 516 g/mol. The van der Waals surface area contributed by atoms with E-state index in [-0.39, 0.29) is 29.9 Å². The number of ether oxygens (including phenoxy) is 1. The summed E-state index contributed by atoms with van der Waals surface area (Å²) in [6.07, 6.45) is 5.56. The molecule has 1 amide bonds. The molecule has 7 heteroatoms. The van der Waals surface area contributed by atoms with E-state index in [1.807, 2.05) is 36.1 Å². The molecule has 29 heavy (non-hydrogen) atoms. The van der Waals surface area contributed by atoms with Gasteiger partial charge in [-0.05, 0) is 63.6 Å². The van der Waals surface area contributed by atoms with E-state index in [0.29, 0.717) is 6.54 Å². The van der Waals surface area contributed by atoms with Crippen LogP contribution in [0.15, 0.2) is 29.3 Å². The molecule has 2 N–H and O–H groups in total. The van der Waals surface area contributed by atoms with Crippen LogP contribution in [0.25, 0.3) is 0 Å². The Morgan fingerprint density at radius 3 is 2.45 bits per heavy atom. The van der Waals surface area contributed by atoms with Crippen molar-refractivity contribution < 1.29 is 9.53 Å². The van der Waals surface area contributed by atoms with Crippen molar-refractivity contribution in [1.29, 1.82) is 0 Å². The van der Waals surface area contributed by atoms with Crippen molar-refractivity contribution >= 4 is 35.8 Å². The fraction of sp³-hybridized carbons (Fsp3) is 0.636. The monoisotopic (exact) mass is 516 g/mol. The van der Waals surface area contributed by atoms with Gasteiger partial charge in [0.15, 0.2) is 5.96 Å². The van der Waals surface area contributed by atoms with Gasteiger partial charge in [-0.2, -0.15) is 0 Å². The highest BCUT2D eigenvalue weighted by molar-refractivity contribution is 14.0. The lowest BCUT2D eigenvalue weighted by Gasteiger charge is -2.26. The van der Waals surface area contributed by atoms with Gasteiger partial charge in [0.1, 0.15) is 0 Å². The number of guanidine groups is 1. The number of benzene rings is 1. The fourth-order valence-electron chi connectivity index (χ4n) is 3.22. The number of carbonyl (C=O) groups excluding carboxylic acids is 1. The first kappa shape index (κ1) is 25.7. The minimum atomic E-state index is 0. The topological polar surface area (TPSA) is 66.0 Å². The third-order valence-corrected chi connectivity index (χ3v) is 4.82. The zero-order valence-electron chi connectivity index (χ0n) is 17.9. The van der Waals surface area contributed by atoms with Gasteiger partial charge in [-0.1, -0.05) is 12.1 Å². The van der Waals surface area contributed by atoms with Gasteiger partial charge in [0.25, 0.3) is 5.91 Å². The number of hydrogen-bond acceptors (Lipinski definition) is 3. The third-order valence-electron chi connectivity index (χ3n) is 4.82. The molecule has 2 rings (SSSR count). The first-order valence-electron chi connectivity index (χ1n) is 10.7. The minimum absolute atomic E-state index is 0. The van der Waals surface area contributed by atoms with Crippen LogP contribution in [0, 0.1) is 0 Å². The van der Waals surface area contributed by atoms with Crippen molar-refractivity contribution in [1.82, 2.24) is 15.5 Å². The van der Waals surface area contributed by atoms with Crippen LogP contribution < -0.4 is 10.6 Å². The molecule has 0 unspecified atom stereocenters. The summed E-state index contributed by atoms with van der Waals surface area (Å²) in [5, 5.41) is 6.64. The Balaban J connectivity index is 0.00000420. The summed E-state index contributed by atoms with van der Waals surface area (Å²) < 4.78 is 5.36. The molecule has 0 bridgehead atoms. The molecule has 1 aromatic rings. The largest absolute Gasteiger partial charge is 0.382 e. The Labute approximate surface area is 192 Å². The molecule has 1 saturated heterocycles. The molecule has 0 saturated carbocycles. The SMILES string of the molecule is CCNC(=NCc1ccc(C(=O)N2CCCCC2)cc1)NCCCCOCC.I. The summed E-state index contributed by atoms with van der Waals surface area (Å²) in [6, 6.07) is 7.87. The average Bonchev–Trinajstić information content (AvgIpc) is 2.75. The maximum absolute atomic E-state index is 12.5. The molecule has 1 heterocycles. The quantitative estimate of drug-likeness (QED) is 0.215. The number of hydrogen-bond donors (Lipinski definition) is 2. The van der Waals surface area contributed by atoms with Crippen molar-refractivity contribution in [2.45, 2.75) is 52.5 Å². The fourth-order valence-corrected chi connectivity index (χ4v) is 3.22. The molecule has 0 aliphatic carbocycles. The van der Waals surface area contributed by atoms with Crippen LogP contribution in [0.2, 0.25) is 0 Å². The van der Waals surface area contributed by atoms with Gasteiger partial charge in [0, 0.05) is 45.0 Å². The van der Waals surface area contributed by atoms with E-state index in [2.05, 4.69) is 22.5 Å². The molecule has 164 valence electrons. The number of amides is 1. The molecule has 1 aliphatic heterocycles. The molecule has 6 nitrogen and oxygen atoms in total. The van der Waals surface area contributed by atoms with Crippen LogP contribution in [0.5, 0.6) is 0 Å². The third kappa shape index (κ3) is 9.80. The van der Waals surface area contributed by atoms with E-state index in [1.54, 1.807) is 0 Å². The first-order chi connectivity index (χ1) is 13.7. The van der Waals surface area contributed by atoms with Crippen molar-refractivity contribution in [2.24, 2.45) is 4.99 Å². The molecule has 1 aromatic carbocycles. The molecular weight excluding hydrogens is 479 g/mol. The van der Waals surface area contributed by atoms with Gasteiger partial charge >= 0.3 is 0 Å². The normalized spacial score (nSPS) is 14.3. The van der Waals surface area contributed by atoms with E-state index in [0.717, 1.165) is 82.2 Å². The number of halogens is 1. The van der Waals surface area contributed by atoms with E-state index in [1.165, 1.54) is 6.42 Å². The number of piperidine rings is 1. The number of likely N-dealkylation sites (tertiary alicyclic amines) is 1. The lowest BCUT2D eigenvalue weighted by molar-refractivity contribution is 0.0724. The van der Waals surface area contributed by atoms with E-state index >= 15 is 0 Å². The molecule has 0 radical (unpaired) electrons. The Bertz CT molecular complexity index is 601. The maximum atomic E-state index is 12.5. The molecular formula is C22H37IN4O2. The van der Waals surface area contributed by atoms with Crippen LogP contribution in [-0.2, 0) is 11.3 Å². The van der Waals surface area contributed by atoms with E-state index < -0.39 is 0 Å². The summed E-state index contributed by atoms with van der Waals surface area (Å²) in [4.78, 5) is 19.2. The van der Waals surface area contributed by atoms with Crippen LogP contribution >= 0.6 is 24.0 Å². The predicted octanol–water partition coefficient (Wildman–Crippen LogP) is 3.80. The number of carbonyl (C=O) groups is 1. The Hall–Kier alpha value is -1.35. The smallest absolute Gasteiger partial charge is 0.253 e. The number of nitrogens with zero attached hydrogens (tertiary/aromatic N) is 2. The highest BCUT2D eigenvalue weighted by Gasteiger charge is 2.17. The number of unbranched alkanes of at least 4 members (excludes halogenated alkanes) is 1. The van der Waals surface area contributed by atoms with Crippen LogP contribution in [0.3, 0.4) is 0 Å². The molecule has 0 aromatic heterocycles. The van der Waals surface area contributed by atoms with Gasteiger partial charge in [-0.25, -0.2) is 4.99 Å². The number of nitrogens with one attached hydrogen (secondary N) is 2. The highest BCUT2D eigenvalue weighted by Crippen LogP contribution is 2.14. The Morgan fingerprint density at radius 2 is 1.79 bits per heavy atom. The number of rotatable bonds is 10. The molecule has 0 spiro atoms. The van der Waals surface area contributed by atoms with E-state index in [9.17, 15) is 4.79 Å². The standard InChI is InChI=1S/C22H36N4O2.HI/c1-3-23-22(24-14-6-9-17-28-4-2)25-18-19-10-12-20(13-11-19)21(27)26-15-7-5-8-16-26;/h10-13H,3-9,14-18H2,1-2H3,(H2,23,24,25);1H. The Morgan fingerprint density at radius 1 is 1.07 bits per heavy atom. The van der Waals surface area contributed by atoms with Crippen molar-refractivity contribution in [2.75, 3.05) is 39.4 Å². The zero-order valence-corrected chi connectivity index (χ0v) is 20.2. The maximum Gasteiger partial charge on any atom is 0.253 e. The predicted molar refractivity (Wildman–Crippen MR) is 130 cm³/mol. The molecule has 1 aliphatic rings. The van der Waals surface area contributed by atoms with Crippen LogP contribution in [0.1, 0.15) is 61.9 Å². The molecule has 1 fully saturated rings. The van der Waals surface area contributed by atoms with Gasteiger partial charge in [-0.3, -0.25) is 4.79 Å². The summed E-state index contributed by atoms with van der Waals surface area (Å²) in [7, 11) is 0. The van der Waals surface area contributed by atoms with Gasteiger partial charge in [-0.15, -0.1) is 24.0 Å². The van der Waals surface area contributed by atoms with Crippen molar-refractivity contribution in [3.63, 3.8) is 0 Å². The zero-order chi connectivity index (χ0) is 20.0. The van der Waals surface area contributed by atoms with Crippen LogP contribution in [-0.4, -0.2) is 56.2 Å². The van der Waals surface area contributed by atoms with E-state index in [4.69, 9.17) is 4.74 Å². The lowest BCUT2D eigenvalue weighted by atomic mass is 10.1. The van der Waals surface area contributed by atoms with Crippen LogP contribution in [0.4, 0.5) is 0 Å². The second kappa shape index (κ2) is 15.5. The van der Waals surface area contributed by atoms with Gasteiger partial charge < -0.3 is 20.3 Å². The summed E-state index contributed by atoms with van der Waals surface area (Å²) in [5.41, 5.74) is 1.87. The molecule has 0 atom stereocenters. The highest BCUT2D eigenvalue weighted by atomic mass is 127. The first-order valence-corrected chi connectivity index (χ1v) is 10.7. The number of aliphatic imine (C=N–C) groups is 1.